The number of hydrogen-bond acceptors (Lipinski definition) is 18. The van der Waals surface area contributed by atoms with Crippen LogP contribution in [-0.4, -0.2) is 74.2 Å². The highest BCUT2D eigenvalue weighted by Crippen LogP contribution is 2.35. The molecule has 0 spiro atoms. The predicted octanol–water partition coefficient (Wildman–Crippen LogP) is 12.6. The molecule has 0 bridgehead atoms. The van der Waals surface area contributed by atoms with Crippen molar-refractivity contribution in [3.05, 3.63) is 130 Å². The van der Waals surface area contributed by atoms with Gasteiger partial charge in [0.2, 0.25) is 23.8 Å². The van der Waals surface area contributed by atoms with E-state index in [0.717, 1.165) is 104 Å². The van der Waals surface area contributed by atoms with Gasteiger partial charge in [-0.1, -0.05) is 87.8 Å². The quantitative estimate of drug-likeness (QED) is 0.0623. The van der Waals surface area contributed by atoms with E-state index in [1.807, 2.05) is 156 Å². The van der Waals surface area contributed by atoms with Crippen LogP contribution in [0.3, 0.4) is 0 Å². The van der Waals surface area contributed by atoms with E-state index < -0.39 is 0 Å². The summed E-state index contributed by atoms with van der Waals surface area (Å²) in [5.74, 6) is 5.33. The number of hydrogen-bond donors (Lipinski definition) is 8. The van der Waals surface area contributed by atoms with Crippen molar-refractivity contribution in [3.63, 3.8) is 0 Å². The molecular formula is C52H56Br2I2N16O2. The van der Waals surface area contributed by atoms with Crippen LogP contribution in [-0.2, 0) is 0 Å². The molecule has 4 aromatic heterocycles. The molecule has 74 heavy (non-hydrogen) atoms. The number of ether oxygens (including phenoxy) is 2. The number of nitrogens with one attached hydrogen (secondary N) is 3. The van der Waals surface area contributed by atoms with Gasteiger partial charge < -0.3 is 54.1 Å². The van der Waals surface area contributed by atoms with Crippen molar-refractivity contribution in [1.82, 2.24) is 39.9 Å². The molecule has 0 atom stereocenters. The molecule has 10 aromatic rings. The number of rotatable bonds is 9. The molecule has 0 aliphatic heterocycles. The molecular weight excluding hydrogens is 1290 g/mol. The number of halogens is 4. The minimum absolute atomic E-state index is 0. The van der Waals surface area contributed by atoms with E-state index in [2.05, 4.69) is 125 Å². The van der Waals surface area contributed by atoms with E-state index in [1.54, 1.807) is 0 Å². The Kier molecular flexibility index (Phi) is 21.9. The summed E-state index contributed by atoms with van der Waals surface area (Å²) in [6.07, 6.45) is 0. The highest BCUT2D eigenvalue weighted by Gasteiger charge is 2.12. The highest BCUT2D eigenvalue weighted by molar-refractivity contribution is 15.0. The average Bonchev–Trinajstić information content (AvgIpc) is 3.38. The molecule has 13 N–H and O–H groups in total. The summed E-state index contributed by atoms with van der Waals surface area (Å²) in [6, 6.07) is 39.4. The number of fused-ring (bicyclic) bond motifs is 4. The lowest BCUT2D eigenvalue weighted by atomic mass is 10.0. The lowest BCUT2D eigenvalue weighted by molar-refractivity contribution is 0.341. The Balaban J connectivity index is 0.000000184. The van der Waals surface area contributed by atoms with Crippen molar-refractivity contribution in [2.45, 2.75) is 21.3 Å². The lowest BCUT2D eigenvalue weighted by Crippen LogP contribution is -2.01. The lowest BCUT2D eigenvalue weighted by Gasteiger charge is -2.11. The predicted molar refractivity (Wildman–Crippen MR) is 332 cm³/mol. The highest BCUT2D eigenvalue weighted by atomic mass is 128. The molecule has 0 aliphatic rings. The fourth-order valence-corrected chi connectivity index (χ4v) is 8.14. The van der Waals surface area contributed by atoms with Gasteiger partial charge in [-0.25, -0.2) is 19.9 Å². The second kappa shape index (κ2) is 28.0. The second-order valence-electron chi connectivity index (χ2n) is 15.2. The standard InChI is InChI=1S/2C17H18N4O.C9H9BrN4.C8H7BrN4.CH4.I2/c2*1-3-22-15-7-5-4-6-12(15)11-8-9-13-14(10-11)20-17(18)21-16(13)19-2;1-12-8-6-3-2-5(10)4-7(6)13-9(11)14-8;9-4-1-2-5-6(3-4)12-8(11)13-7(5)10;;1-2/h2*4-10H,3H2,1-2H3,(H3,18,19,20,21);2-4H,1H3,(H3,11,12,13,14);1-3H,(H4,10,11,12,13);1H4;. The maximum absolute atomic E-state index is 5.78. The van der Waals surface area contributed by atoms with Crippen molar-refractivity contribution < 1.29 is 9.47 Å². The molecule has 0 saturated carbocycles. The van der Waals surface area contributed by atoms with Gasteiger partial charge in [0.25, 0.3) is 0 Å². The van der Waals surface area contributed by atoms with Crippen molar-refractivity contribution in [3.8, 4) is 33.8 Å². The number of benzene rings is 6. The van der Waals surface area contributed by atoms with Crippen molar-refractivity contribution in [2.24, 2.45) is 0 Å². The van der Waals surface area contributed by atoms with Gasteiger partial charge in [-0.05, 0) is 97.8 Å². The Bertz CT molecular complexity index is 3360. The van der Waals surface area contributed by atoms with E-state index in [9.17, 15) is 0 Å². The Labute approximate surface area is 469 Å². The number of anilines is 8. The average molecular weight is 1350 g/mol. The van der Waals surface area contributed by atoms with Gasteiger partial charge in [0.1, 0.15) is 34.8 Å². The van der Waals surface area contributed by atoms with Crippen LogP contribution < -0.4 is 54.1 Å². The van der Waals surface area contributed by atoms with Crippen molar-refractivity contribution in [2.75, 3.05) is 79.0 Å². The third-order valence-electron chi connectivity index (χ3n) is 10.5. The minimum atomic E-state index is 0. The van der Waals surface area contributed by atoms with Gasteiger partial charge in [0, 0.05) is 100.0 Å². The summed E-state index contributed by atoms with van der Waals surface area (Å²) in [5, 5.41) is 12.7. The SMILES string of the molecule is C.CCOc1ccccc1-c1ccc2c(NC)nc(N)nc2c1.CCOc1ccccc1-c1ccc2c(NC)nc(N)nc2c1.CNc1nc(N)nc2cc(Br)ccc12.II.Nc1nc(N)c2ccc(Br)cc2n1. The first-order chi connectivity index (χ1) is 35.3. The van der Waals surface area contributed by atoms with Crippen LogP contribution >= 0.6 is 69.1 Å². The van der Waals surface area contributed by atoms with Crippen LogP contribution in [0, 0.1) is 0 Å². The normalized spacial score (nSPS) is 10.2. The third-order valence-corrected chi connectivity index (χ3v) is 11.5. The van der Waals surface area contributed by atoms with Crippen molar-refractivity contribution in [1.29, 1.82) is 0 Å². The molecule has 0 unspecified atom stereocenters. The fraction of sp³-hybridized carbons (Fsp3) is 0.154. The minimum Gasteiger partial charge on any atom is -0.493 e. The zero-order valence-corrected chi connectivity index (χ0v) is 47.7. The maximum atomic E-state index is 5.78. The van der Waals surface area contributed by atoms with Crippen LogP contribution in [0.4, 0.5) is 47.1 Å². The van der Waals surface area contributed by atoms with Gasteiger partial charge >= 0.3 is 0 Å². The van der Waals surface area contributed by atoms with Gasteiger partial charge in [0.15, 0.2) is 0 Å². The first-order valence-corrected chi connectivity index (χ1v) is 30.2. The van der Waals surface area contributed by atoms with Crippen LogP contribution in [0.1, 0.15) is 21.3 Å². The summed E-state index contributed by atoms with van der Waals surface area (Å²) in [4.78, 5) is 33.2. The molecule has 22 heteroatoms. The molecule has 0 radical (unpaired) electrons. The topological polar surface area (TPSA) is 288 Å². The Hall–Kier alpha value is -6.90. The van der Waals surface area contributed by atoms with Crippen LogP contribution in [0.25, 0.3) is 65.9 Å². The molecule has 0 amide bonds. The number of para-hydroxylation sites is 2. The summed E-state index contributed by atoms with van der Waals surface area (Å²) in [5.41, 5.74) is 35.6. The molecule has 0 saturated heterocycles. The van der Waals surface area contributed by atoms with E-state index in [0.29, 0.717) is 19.0 Å². The molecule has 0 aliphatic carbocycles. The number of aromatic nitrogens is 8. The van der Waals surface area contributed by atoms with Gasteiger partial charge in [-0.15, -0.1) is 0 Å². The van der Waals surface area contributed by atoms with E-state index in [1.165, 1.54) is 0 Å². The zero-order valence-electron chi connectivity index (χ0n) is 40.3. The second-order valence-corrected chi connectivity index (χ2v) is 17.0. The van der Waals surface area contributed by atoms with Crippen LogP contribution in [0.5, 0.6) is 11.5 Å². The molecule has 18 nitrogen and oxygen atoms in total. The van der Waals surface area contributed by atoms with Gasteiger partial charge in [-0.3, -0.25) is 0 Å². The summed E-state index contributed by atoms with van der Waals surface area (Å²) in [7, 11) is 5.45. The monoisotopic (exact) mass is 1350 g/mol. The number of nitrogens with two attached hydrogens (primary N) is 5. The van der Waals surface area contributed by atoms with E-state index in [-0.39, 0.29) is 31.2 Å². The first-order valence-electron chi connectivity index (χ1n) is 22.3. The van der Waals surface area contributed by atoms with Gasteiger partial charge in [-0.2, -0.15) is 19.9 Å². The smallest absolute Gasteiger partial charge is 0.222 e. The Morgan fingerprint density at radius 3 is 1.14 bits per heavy atom. The fourth-order valence-electron chi connectivity index (χ4n) is 7.44. The molecule has 384 valence electrons. The van der Waals surface area contributed by atoms with E-state index >= 15 is 0 Å². The third kappa shape index (κ3) is 14.7. The number of nitrogen functional groups attached to an aromatic ring is 5. The molecule has 10 rings (SSSR count). The van der Waals surface area contributed by atoms with Crippen LogP contribution in [0.2, 0.25) is 0 Å². The van der Waals surface area contributed by atoms with Gasteiger partial charge in [0.05, 0.1) is 35.3 Å². The first kappa shape index (κ1) is 58.0. The molecule has 4 heterocycles. The van der Waals surface area contributed by atoms with E-state index in [4.69, 9.17) is 38.1 Å². The molecule has 0 fully saturated rings. The van der Waals surface area contributed by atoms with Crippen LogP contribution in [0.15, 0.2) is 130 Å². The summed E-state index contributed by atoms with van der Waals surface area (Å²) < 4.78 is 13.3. The largest absolute Gasteiger partial charge is 0.493 e. The Morgan fingerprint density at radius 2 is 0.757 bits per heavy atom. The Morgan fingerprint density at radius 1 is 0.432 bits per heavy atom. The zero-order chi connectivity index (χ0) is 52.6. The van der Waals surface area contributed by atoms with Crippen molar-refractivity contribution >= 4 is 160 Å². The number of nitrogens with zero attached hydrogens (tertiary/aromatic N) is 8. The summed E-state index contributed by atoms with van der Waals surface area (Å²) >= 11 is 11.0. The maximum Gasteiger partial charge on any atom is 0.222 e. The summed E-state index contributed by atoms with van der Waals surface area (Å²) in [6.45, 7) is 5.21. The molecule has 6 aromatic carbocycles.